The van der Waals surface area contributed by atoms with Crippen molar-refractivity contribution in [2.45, 2.75) is 18.9 Å². The van der Waals surface area contributed by atoms with Crippen LogP contribution in [0.5, 0.6) is 0 Å². The average Bonchev–Trinajstić information content (AvgIpc) is 2.54. The highest BCUT2D eigenvalue weighted by Crippen LogP contribution is 2.12. The molecule has 7 heteroatoms. The quantitative estimate of drug-likeness (QED) is 0.822. The number of benzene rings is 1. The van der Waals surface area contributed by atoms with E-state index in [0.717, 1.165) is 0 Å². The van der Waals surface area contributed by atoms with Crippen molar-refractivity contribution in [3.63, 3.8) is 0 Å². The first-order valence-electron chi connectivity index (χ1n) is 6.98. The number of likely N-dealkylation sites (tertiary alicyclic amines) is 1. The summed E-state index contributed by atoms with van der Waals surface area (Å²) in [6, 6.07) is 6.16. The van der Waals surface area contributed by atoms with Crippen LogP contribution in [0, 0.1) is 0 Å². The fourth-order valence-corrected chi connectivity index (χ4v) is 2.36. The molecule has 1 saturated heterocycles. The summed E-state index contributed by atoms with van der Waals surface area (Å²) in [6.07, 6.45) is 0.263. The van der Waals surface area contributed by atoms with Crippen molar-refractivity contribution in [1.82, 2.24) is 10.2 Å². The van der Waals surface area contributed by atoms with Crippen LogP contribution < -0.4 is 5.32 Å². The number of esters is 1. The van der Waals surface area contributed by atoms with Gasteiger partial charge in [0.2, 0.25) is 0 Å². The molecule has 0 unspecified atom stereocenters. The Hall–Kier alpha value is -2.57. The van der Waals surface area contributed by atoms with Crippen molar-refractivity contribution >= 4 is 18.0 Å². The summed E-state index contributed by atoms with van der Waals surface area (Å²) < 4.78 is 4.60. The molecular weight excluding hydrogens is 288 g/mol. The van der Waals surface area contributed by atoms with Gasteiger partial charge in [0.25, 0.3) is 5.91 Å². The molecule has 22 heavy (non-hydrogen) atoms. The van der Waals surface area contributed by atoms with E-state index in [2.05, 4.69) is 10.1 Å². The molecule has 7 nitrogen and oxygen atoms in total. The van der Waals surface area contributed by atoms with E-state index in [9.17, 15) is 14.4 Å². The highest BCUT2D eigenvalue weighted by molar-refractivity contribution is 5.96. The highest BCUT2D eigenvalue weighted by Gasteiger charge is 2.23. The second kappa shape index (κ2) is 6.93. The third-order valence-corrected chi connectivity index (χ3v) is 3.67. The molecule has 2 amide bonds. The first kappa shape index (κ1) is 15.8. The van der Waals surface area contributed by atoms with Gasteiger partial charge in [-0.3, -0.25) is 4.79 Å². The smallest absolute Gasteiger partial charge is 0.407 e. The number of nitrogens with zero attached hydrogens (tertiary/aromatic N) is 1. The number of hydrogen-bond donors (Lipinski definition) is 2. The summed E-state index contributed by atoms with van der Waals surface area (Å²) in [5.74, 6) is -0.682. The first-order chi connectivity index (χ1) is 10.5. The van der Waals surface area contributed by atoms with E-state index in [-0.39, 0.29) is 11.9 Å². The number of carbonyl (C=O) groups is 3. The number of ether oxygens (including phenoxy) is 1. The molecule has 0 spiro atoms. The summed E-state index contributed by atoms with van der Waals surface area (Å²) in [5.41, 5.74) is 0.835. The monoisotopic (exact) mass is 306 g/mol. The van der Waals surface area contributed by atoms with Gasteiger partial charge in [0.05, 0.1) is 12.7 Å². The Labute approximate surface area is 127 Å². The molecule has 1 heterocycles. The van der Waals surface area contributed by atoms with Crippen molar-refractivity contribution < 1.29 is 24.2 Å². The van der Waals surface area contributed by atoms with Crippen molar-refractivity contribution in [3.8, 4) is 0 Å². The molecule has 1 aromatic carbocycles. The predicted molar refractivity (Wildman–Crippen MR) is 77.9 cm³/mol. The summed E-state index contributed by atoms with van der Waals surface area (Å²) in [6.45, 7) is 0.836. The van der Waals surface area contributed by atoms with Crippen LogP contribution in [0.15, 0.2) is 24.3 Å². The van der Waals surface area contributed by atoms with E-state index in [0.29, 0.717) is 37.1 Å². The minimum Gasteiger partial charge on any atom is -0.465 e. The number of methoxy groups -OCH3 is 1. The van der Waals surface area contributed by atoms with Crippen molar-refractivity contribution in [3.05, 3.63) is 35.4 Å². The van der Waals surface area contributed by atoms with E-state index in [1.54, 1.807) is 12.1 Å². The summed E-state index contributed by atoms with van der Waals surface area (Å²) in [7, 11) is 1.30. The lowest BCUT2D eigenvalue weighted by molar-refractivity contribution is 0.0600. The molecule has 1 aliphatic rings. The van der Waals surface area contributed by atoms with Gasteiger partial charge >= 0.3 is 12.1 Å². The third-order valence-electron chi connectivity index (χ3n) is 3.67. The van der Waals surface area contributed by atoms with E-state index in [4.69, 9.17) is 5.11 Å². The Morgan fingerprint density at radius 2 is 1.68 bits per heavy atom. The fraction of sp³-hybridized carbons (Fsp3) is 0.400. The Kier molecular flexibility index (Phi) is 4.98. The standard InChI is InChI=1S/C15H18N2O5/c1-22-14(19)11-4-2-10(3-5-11)13(18)16-12-6-8-17(9-7-12)15(20)21/h2-5,12H,6-9H2,1H3,(H,16,18)(H,20,21). The molecule has 0 aliphatic carbocycles. The molecule has 2 rings (SSSR count). The van der Waals surface area contributed by atoms with Gasteiger partial charge < -0.3 is 20.1 Å². The van der Waals surface area contributed by atoms with Gasteiger partial charge in [-0.2, -0.15) is 0 Å². The molecule has 1 aromatic rings. The third kappa shape index (κ3) is 3.75. The zero-order chi connectivity index (χ0) is 16.1. The van der Waals surface area contributed by atoms with Crippen molar-refractivity contribution in [2.24, 2.45) is 0 Å². The first-order valence-corrected chi connectivity index (χ1v) is 6.98. The largest absolute Gasteiger partial charge is 0.465 e. The molecule has 1 aliphatic heterocycles. The van der Waals surface area contributed by atoms with Crippen LogP contribution in [-0.4, -0.2) is 54.2 Å². The maximum atomic E-state index is 12.1. The van der Waals surface area contributed by atoms with Gasteiger partial charge in [-0.15, -0.1) is 0 Å². The number of piperidine rings is 1. The lowest BCUT2D eigenvalue weighted by Gasteiger charge is -2.30. The van der Waals surface area contributed by atoms with Gasteiger partial charge in [0.15, 0.2) is 0 Å². The topological polar surface area (TPSA) is 95.9 Å². The molecule has 2 N–H and O–H groups in total. The number of nitrogens with one attached hydrogen (secondary N) is 1. The molecule has 0 aromatic heterocycles. The SMILES string of the molecule is COC(=O)c1ccc(C(=O)NC2CCN(C(=O)O)CC2)cc1. The number of rotatable bonds is 3. The summed E-state index contributed by atoms with van der Waals surface area (Å²) >= 11 is 0. The average molecular weight is 306 g/mol. The fourth-order valence-electron chi connectivity index (χ4n) is 2.36. The highest BCUT2D eigenvalue weighted by atomic mass is 16.5. The molecule has 0 bridgehead atoms. The van der Waals surface area contributed by atoms with Gasteiger partial charge in [0, 0.05) is 24.7 Å². The summed E-state index contributed by atoms with van der Waals surface area (Å²) in [4.78, 5) is 35.6. The molecule has 0 saturated carbocycles. The van der Waals surface area contributed by atoms with E-state index < -0.39 is 12.1 Å². The second-order valence-electron chi connectivity index (χ2n) is 5.09. The van der Waals surface area contributed by atoms with Crippen LogP contribution >= 0.6 is 0 Å². The minimum atomic E-state index is -0.928. The predicted octanol–water partition coefficient (Wildman–Crippen LogP) is 1.35. The van der Waals surface area contributed by atoms with Crippen LogP contribution in [0.3, 0.4) is 0 Å². The molecular formula is C15H18N2O5. The number of amides is 2. The zero-order valence-electron chi connectivity index (χ0n) is 12.2. The van der Waals surface area contributed by atoms with E-state index >= 15 is 0 Å². The molecule has 0 radical (unpaired) electrons. The van der Waals surface area contributed by atoms with Crippen LogP contribution in [0.2, 0.25) is 0 Å². The van der Waals surface area contributed by atoms with Crippen molar-refractivity contribution in [1.29, 1.82) is 0 Å². The Morgan fingerprint density at radius 1 is 1.14 bits per heavy atom. The lowest BCUT2D eigenvalue weighted by Crippen LogP contribution is -2.46. The maximum absolute atomic E-state index is 12.1. The number of hydrogen-bond acceptors (Lipinski definition) is 4. The maximum Gasteiger partial charge on any atom is 0.407 e. The van der Waals surface area contributed by atoms with Gasteiger partial charge in [-0.25, -0.2) is 9.59 Å². The van der Waals surface area contributed by atoms with Crippen molar-refractivity contribution in [2.75, 3.05) is 20.2 Å². The molecule has 0 atom stereocenters. The normalized spacial score (nSPS) is 15.2. The number of carbonyl (C=O) groups excluding carboxylic acids is 2. The van der Waals surface area contributed by atoms with Gasteiger partial charge in [0.1, 0.15) is 0 Å². The van der Waals surface area contributed by atoms with Crippen LogP contribution in [0.25, 0.3) is 0 Å². The Balaban J connectivity index is 1.90. The molecule has 118 valence electrons. The van der Waals surface area contributed by atoms with Gasteiger partial charge in [-0.05, 0) is 37.1 Å². The van der Waals surface area contributed by atoms with E-state index in [1.165, 1.54) is 24.1 Å². The number of carboxylic acid groups (broad SMARTS) is 1. The van der Waals surface area contributed by atoms with Crippen LogP contribution in [0.1, 0.15) is 33.6 Å². The zero-order valence-corrected chi connectivity index (χ0v) is 12.2. The molecule has 1 fully saturated rings. The Bertz CT molecular complexity index is 562. The lowest BCUT2D eigenvalue weighted by atomic mass is 10.0. The van der Waals surface area contributed by atoms with E-state index in [1.807, 2.05) is 0 Å². The Morgan fingerprint density at radius 3 is 2.18 bits per heavy atom. The van der Waals surface area contributed by atoms with Gasteiger partial charge in [-0.1, -0.05) is 0 Å². The van der Waals surface area contributed by atoms with Crippen LogP contribution in [0.4, 0.5) is 4.79 Å². The summed E-state index contributed by atoms with van der Waals surface area (Å²) in [5, 5.41) is 11.8. The minimum absolute atomic E-state index is 0.0385. The van der Waals surface area contributed by atoms with Crippen LogP contribution in [-0.2, 0) is 4.74 Å². The second-order valence-corrected chi connectivity index (χ2v) is 5.09.